The Bertz CT molecular complexity index is 549. The highest BCUT2D eigenvalue weighted by molar-refractivity contribution is 9.11. The van der Waals surface area contributed by atoms with Crippen LogP contribution in [0.5, 0.6) is 5.75 Å². The zero-order chi connectivity index (χ0) is 13.8. The second-order valence-electron chi connectivity index (χ2n) is 3.92. The van der Waals surface area contributed by atoms with E-state index >= 15 is 0 Å². The lowest BCUT2D eigenvalue weighted by Crippen LogP contribution is -2.05. The topological polar surface area (TPSA) is 60.2 Å². The molecule has 0 atom stereocenters. The van der Waals surface area contributed by atoms with E-state index in [9.17, 15) is 0 Å². The first-order chi connectivity index (χ1) is 9.10. The number of hydrogen-bond acceptors (Lipinski definition) is 5. The van der Waals surface area contributed by atoms with Gasteiger partial charge in [-0.05, 0) is 56.6 Å². The highest BCUT2D eigenvalue weighted by Gasteiger charge is 2.11. The van der Waals surface area contributed by atoms with E-state index in [1.54, 1.807) is 6.92 Å². The first kappa shape index (κ1) is 14.5. The van der Waals surface area contributed by atoms with Crippen molar-refractivity contribution in [2.45, 2.75) is 20.1 Å². The predicted molar refractivity (Wildman–Crippen MR) is 78.0 cm³/mol. The Morgan fingerprint density at radius 2 is 1.95 bits per heavy atom. The number of rotatable bonds is 5. The van der Waals surface area contributed by atoms with Gasteiger partial charge in [0.25, 0.3) is 5.89 Å². The molecule has 0 radical (unpaired) electrons. The highest BCUT2D eigenvalue weighted by atomic mass is 79.9. The number of hydrogen-bond donors (Lipinski definition) is 1. The summed E-state index contributed by atoms with van der Waals surface area (Å²) in [5, 5.41) is 10.7. The molecule has 0 bridgehead atoms. The van der Waals surface area contributed by atoms with Gasteiger partial charge in [-0.2, -0.15) is 0 Å². The van der Waals surface area contributed by atoms with Crippen molar-refractivity contribution in [2.75, 3.05) is 7.05 Å². The molecule has 1 aromatic carbocycles. The summed E-state index contributed by atoms with van der Waals surface area (Å²) in [4.78, 5) is 0. The molecule has 0 fully saturated rings. The molecule has 7 heteroatoms. The molecule has 0 aliphatic rings. The zero-order valence-corrected chi connectivity index (χ0v) is 13.7. The van der Waals surface area contributed by atoms with Gasteiger partial charge in [0.05, 0.1) is 8.95 Å². The molecule has 0 unspecified atom stereocenters. The van der Waals surface area contributed by atoms with E-state index in [0.29, 0.717) is 11.8 Å². The van der Waals surface area contributed by atoms with Crippen LogP contribution in [0, 0.1) is 6.92 Å². The summed E-state index contributed by atoms with van der Waals surface area (Å²) in [6.07, 6.45) is 0. The molecule has 0 saturated heterocycles. The second kappa shape index (κ2) is 6.49. The molecule has 1 N–H and O–H groups in total. The highest BCUT2D eigenvalue weighted by Crippen LogP contribution is 2.35. The summed E-state index contributed by atoms with van der Waals surface area (Å²) < 4.78 is 12.7. The lowest BCUT2D eigenvalue weighted by Gasteiger charge is -2.10. The molecular weight excluding hydrogens is 378 g/mol. The molecular formula is C12H13Br2N3O2. The normalized spacial score (nSPS) is 10.7. The van der Waals surface area contributed by atoms with Gasteiger partial charge in [0, 0.05) is 13.5 Å². The van der Waals surface area contributed by atoms with E-state index in [1.165, 1.54) is 0 Å². The van der Waals surface area contributed by atoms with Crippen LogP contribution in [0.15, 0.2) is 25.5 Å². The van der Waals surface area contributed by atoms with Gasteiger partial charge in [-0.15, -0.1) is 10.2 Å². The maximum absolute atomic E-state index is 5.69. The first-order valence-corrected chi connectivity index (χ1v) is 7.23. The standard InChI is InChI=1S/C12H13Br2N3O2/c1-7-16-17-11(19-7)6-18-12-9(13)3-8(5-15-2)4-10(12)14/h3-4,15H,5-6H2,1-2H3. The van der Waals surface area contributed by atoms with Crippen LogP contribution >= 0.6 is 31.9 Å². The van der Waals surface area contributed by atoms with Crippen LogP contribution < -0.4 is 10.1 Å². The summed E-state index contributed by atoms with van der Waals surface area (Å²) in [6.45, 7) is 2.78. The molecule has 2 aromatic rings. The van der Waals surface area contributed by atoms with Crippen molar-refractivity contribution >= 4 is 31.9 Å². The Hall–Kier alpha value is -0.920. The molecule has 0 aliphatic carbocycles. The van der Waals surface area contributed by atoms with E-state index in [-0.39, 0.29) is 6.61 Å². The lowest BCUT2D eigenvalue weighted by atomic mass is 10.2. The Kier molecular flexibility index (Phi) is 4.95. The van der Waals surface area contributed by atoms with Crippen molar-refractivity contribution in [3.8, 4) is 5.75 Å². The van der Waals surface area contributed by atoms with E-state index in [0.717, 1.165) is 26.8 Å². The van der Waals surface area contributed by atoms with E-state index in [1.807, 2.05) is 19.2 Å². The maximum Gasteiger partial charge on any atom is 0.253 e. The quantitative estimate of drug-likeness (QED) is 0.849. The minimum atomic E-state index is 0.239. The van der Waals surface area contributed by atoms with E-state index in [2.05, 4.69) is 47.4 Å². The van der Waals surface area contributed by atoms with Crippen LogP contribution in [0.4, 0.5) is 0 Å². The molecule has 0 aliphatic heterocycles. The van der Waals surface area contributed by atoms with Gasteiger partial charge in [-0.25, -0.2) is 0 Å². The average Bonchev–Trinajstić information content (AvgIpc) is 2.74. The number of benzene rings is 1. The fourth-order valence-electron chi connectivity index (χ4n) is 1.59. The smallest absolute Gasteiger partial charge is 0.253 e. The van der Waals surface area contributed by atoms with Crippen LogP contribution in [0.2, 0.25) is 0 Å². The molecule has 102 valence electrons. The van der Waals surface area contributed by atoms with Gasteiger partial charge in [0.15, 0.2) is 6.61 Å². The van der Waals surface area contributed by atoms with Gasteiger partial charge in [-0.1, -0.05) is 0 Å². The van der Waals surface area contributed by atoms with Crippen LogP contribution in [0.1, 0.15) is 17.3 Å². The van der Waals surface area contributed by atoms with Crippen molar-refractivity contribution in [1.29, 1.82) is 0 Å². The molecule has 2 rings (SSSR count). The number of nitrogens with one attached hydrogen (secondary N) is 1. The Balaban J connectivity index is 2.11. The molecule has 0 saturated carbocycles. The molecule has 0 spiro atoms. The Labute approximate surface area is 128 Å². The predicted octanol–water partition coefficient (Wildman–Crippen LogP) is 3.20. The number of ether oxygens (including phenoxy) is 1. The summed E-state index contributed by atoms with van der Waals surface area (Å²) in [5.74, 6) is 1.70. The lowest BCUT2D eigenvalue weighted by molar-refractivity contribution is 0.257. The summed E-state index contributed by atoms with van der Waals surface area (Å²) in [7, 11) is 1.91. The maximum atomic E-state index is 5.69. The van der Waals surface area contributed by atoms with Gasteiger partial charge < -0.3 is 14.5 Å². The van der Waals surface area contributed by atoms with Crippen molar-refractivity contribution < 1.29 is 9.15 Å². The average molecular weight is 391 g/mol. The SMILES string of the molecule is CNCc1cc(Br)c(OCc2nnc(C)o2)c(Br)c1. The van der Waals surface area contributed by atoms with Crippen LogP contribution in [0.25, 0.3) is 0 Å². The Morgan fingerprint density at radius 3 is 2.47 bits per heavy atom. The third kappa shape index (κ3) is 3.77. The van der Waals surface area contributed by atoms with Gasteiger partial charge in [0.1, 0.15) is 5.75 Å². The largest absolute Gasteiger partial charge is 0.481 e. The summed E-state index contributed by atoms with van der Waals surface area (Å²) in [6, 6.07) is 4.02. The van der Waals surface area contributed by atoms with Gasteiger partial charge in [0.2, 0.25) is 5.89 Å². The minimum Gasteiger partial charge on any atom is -0.481 e. The molecule has 5 nitrogen and oxygen atoms in total. The van der Waals surface area contributed by atoms with Crippen molar-refractivity contribution in [3.05, 3.63) is 38.4 Å². The molecule has 19 heavy (non-hydrogen) atoms. The van der Waals surface area contributed by atoms with Crippen molar-refractivity contribution in [2.24, 2.45) is 0 Å². The van der Waals surface area contributed by atoms with Crippen molar-refractivity contribution in [1.82, 2.24) is 15.5 Å². The number of aryl methyl sites for hydroxylation is 1. The second-order valence-corrected chi connectivity index (χ2v) is 5.63. The van der Waals surface area contributed by atoms with Crippen LogP contribution in [-0.4, -0.2) is 17.2 Å². The Morgan fingerprint density at radius 1 is 1.26 bits per heavy atom. The molecule has 1 aromatic heterocycles. The third-order valence-corrected chi connectivity index (χ3v) is 3.52. The first-order valence-electron chi connectivity index (χ1n) is 5.64. The number of nitrogens with zero attached hydrogens (tertiary/aromatic N) is 2. The van der Waals surface area contributed by atoms with Crippen molar-refractivity contribution in [3.63, 3.8) is 0 Å². The summed E-state index contributed by atoms with van der Waals surface area (Å²) >= 11 is 6.99. The summed E-state index contributed by atoms with van der Waals surface area (Å²) in [5.41, 5.74) is 1.15. The van der Waals surface area contributed by atoms with Crippen LogP contribution in [-0.2, 0) is 13.2 Å². The zero-order valence-electron chi connectivity index (χ0n) is 10.5. The fourth-order valence-corrected chi connectivity index (χ4v) is 3.10. The molecule has 1 heterocycles. The monoisotopic (exact) mass is 389 g/mol. The van der Waals surface area contributed by atoms with E-state index in [4.69, 9.17) is 9.15 Å². The number of halogens is 2. The molecule has 0 amide bonds. The fraction of sp³-hybridized carbons (Fsp3) is 0.333. The van der Waals surface area contributed by atoms with Crippen LogP contribution in [0.3, 0.4) is 0 Å². The van der Waals surface area contributed by atoms with Gasteiger partial charge in [-0.3, -0.25) is 0 Å². The van der Waals surface area contributed by atoms with E-state index < -0.39 is 0 Å². The minimum absolute atomic E-state index is 0.239. The third-order valence-electron chi connectivity index (χ3n) is 2.35. The van der Waals surface area contributed by atoms with Gasteiger partial charge >= 0.3 is 0 Å². The number of aromatic nitrogens is 2.